The maximum atomic E-state index is 13.0. The van der Waals surface area contributed by atoms with Crippen LogP contribution in [0.4, 0.5) is 10.1 Å². The van der Waals surface area contributed by atoms with Crippen molar-refractivity contribution in [3.8, 4) is 16.9 Å². The molecule has 0 saturated carbocycles. The summed E-state index contributed by atoms with van der Waals surface area (Å²) in [6.07, 6.45) is 1.67. The van der Waals surface area contributed by atoms with E-state index in [0.717, 1.165) is 16.9 Å². The van der Waals surface area contributed by atoms with Crippen LogP contribution in [0.5, 0.6) is 0 Å². The highest BCUT2D eigenvalue weighted by Crippen LogP contribution is 2.23. The molecule has 1 N–H and O–H groups in total. The normalized spacial score (nSPS) is 10.6. The zero-order valence-electron chi connectivity index (χ0n) is 14.5. The number of halogens is 2. The smallest absolute Gasteiger partial charge is 0.255 e. The van der Waals surface area contributed by atoms with Gasteiger partial charge in [-0.25, -0.2) is 9.07 Å². The molecule has 5 nitrogen and oxygen atoms in total. The van der Waals surface area contributed by atoms with Gasteiger partial charge in [0.1, 0.15) is 5.82 Å². The first-order chi connectivity index (χ1) is 13.6. The third-order valence-electron chi connectivity index (χ3n) is 4.17. The van der Waals surface area contributed by atoms with Gasteiger partial charge in [-0.05, 0) is 60.7 Å². The third-order valence-corrected chi connectivity index (χ3v) is 4.42. The van der Waals surface area contributed by atoms with Gasteiger partial charge in [-0.2, -0.15) is 0 Å². The van der Waals surface area contributed by atoms with Crippen molar-refractivity contribution in [3.05, 3.63) is 95.4 Å². The quantitative estimate of drug-likeness (QED) is 0.533. The summed E-state index contributed by atoms with van der Waals surface area (Å²) < 4.78 is 14.7. The minimum Gasteiger partial charge on any atom is -0.322 e. The highest BCUT2D eigenvalue weighted by molar-refractivity contribution is 6.30. The van der Waals surface area contributed by atoms with Crippen LogP contribution in [0.25, 0.3) is 16.9 Å². The number of benzene rings is 3. The SMILES string of the molecule is O=C(Nc1ccc(F)cc1)c1ccc(-n2nncc2-c2ccc(Cl)cc2)cc1. The van der Waals surface area contributed by atoms with E-state index in [4.69, 9.17) is 11.6 Å². The predicted octanol–water partition coefficient (Wildman–Crippen LogP) is 4.98. The Balaban J connectivity index is 1.55. The number of amides is 1. The van der Waals surface area contributed by atoms with E-state index in [-0.39, 0.29) is 11.7 Å². The largest absolute Gasteiger partial charge is 0.322 e. The predicted molar refractivity (Wildman–Crippen MR) is 106 cm³/mol. The molecule has 0 atom stereocenters. The van der Waals surface area contributed by atoms with Gasteiger partial charge in [-0.15, -0.1) is 5.10 Å². The second-order valence-corrected chi connectivity index (χ2v) is 6.48. The molecule has 3 aromatic carbocycles. The van der Waals surface area contributed by atoms with E-state index in [1.54, 1.807) is 47.3 Å². The van der Waals surface area contributed by atoms with Crippen LogP contribution in [0.15, 0.2) is 79.0 Å². The van der Waals surface area contributed by atoms with E-state index >= 15 is 0 Å². The number of hydrogen-bond acceptors (Lipinski definition) is 3. The lowest BCUT2D eigenvalue weighted by atomic mass is 10.1. The van der Waals surface area contributed by atoms with Crippen molar-refractivity contribution >= 4 is 23.2 Å². The Bertz CT molecular complexity index is 1110. The number of nitrogens with zero attached hydrogens (tertiary/aromatic N) is 3. The van der Waals surface area contributed by atoms with E-state index in [0.29, 0.717) is 16.3 Å². The maximum absolute atomic E-state index is 13.0. The Morgan fingerprint density at radius 1 is 0.929 bits per heavy atom. The molecule has 1 heterocycles. The van der Waals surface area contributed by atoms with Crippen molar-refractivity contribution in [2.24, 2.45) is 0 Å². The summed E-state index contributed by atoms with van der Waals surface area (Å²) in [4.78, 5) is 12.4. The van der Waals surface area contributed by atoms with Gasteiger partial charge in [-0.3, -0.25) is 4.79 Å². The van der Waals surface area contributed by atoms with E-state index < -0.39 is 0 Å². The summed E-state index contributed by atoms with van der Waals surface area (Å²) in [6, 6.07) is 20.0. The molecule has 28 heavy (non-hydrogen) atoms. The van der Waals surface area contributed by atoms with Gasteiger partial charge >= 0.3 is 0 Å². The standard InChI is InChI=1S/C21H14ClFN4O/c22-16-5-1-14(2-6-16)20-13-24-26-27(20)19-11-3-15(4-12-19)21(28)25-18-9-7-17(23)8-10-18/h1-13H,(H,25,28). The molecule has 138 valence electrons. The molecule has 1 aromatic heterocycles. The van der Waals surface area contributed by atoms with Gasteiger partial charge in [0.05, 0.1) is 17.6 Å². The Labute approximate surface area is 165 Å². The number of aromatic nitrogens is 3. The molecule has 0 aliphatic heterocycles. The number of carbonyl (C=O) groups is 1. The topological polar surface area (TPSA) is 59.8 Å². The first-order valence-corrected chi connectivity index (χ1v) is 8.82. The Morgan fingerprint density at radius 2 is 1.61 bits per heavy atom. The molecule has 0 bridgehead atoms. The van der Waals surface area contributed by atoms with Gasteiger partial charge in [0, 0.05) is 21.8 Å². The minimum atomic E-state index is -0.355. The van der Waals surface area contributed by atoms with Crippen LogP contribution in [0.3, 0.4) is 0 Å². The van der Waals surface area contributed by atoms with E-state index in [9.17, 15) is 9.18 Å². The monoisotopic (exact) mass is 392 g/mol. The van der Waals surface area contributed by atoms with E-state index in [1.165, 1.54) is 24.3 Å². The van der Waals surface area contributed by atoms with Crippen LogP contribution in [-0.4, -0.2) is 20.9 Å². The van der Waals surface area contributed by atoms with Crippen molar-refractivity contribution in [1.82, 2.24) is 15.0 Å². The van der Waals surface area contributed by atoms with Crippen LogP contribution < -0.4 is 5.32 Å². The first kappa shape index (κ1) is 17.9. The lowest BCUT2D eigenvalue weighted by molar-refractivity contribution is 0.102. The number of hydrogen-bond donors (Lipinski definition) is 1. The zero-order chi connectivity index (χ0) is 19.5. The molecule has 0 spiro atoms. The first-order valence-electron chi connectivity index (χ1n) is 8.44. The summed E-state index contributed by atoms with van der Waals surface area (Å²) in [5, 5.41) is 11.5. The van der Waals surface area contributed by atoms with E-state index in [2.05, 4.69) is 15.6 Å². The van der Waals surface area contributed by atoms with Gasteiger partial charge in [0.25, 0.3) is 5.91 Å². The van der Waals surface area contributed by atoms with Gasteiger partial charge in [0.2, 0.25) is 0 Å². The molecule has 4 aromatic rings. The van der Waals surface area contributed by atoms with Crippen molar-refractivity contribution in [1.29, 1.82) is 0 Å². The molecule has 0 fully saturated rings. The summed E-state index contributed by atoms with van der Waals surface area (Å²) in [6.45, 7) is 0. The summed E-state index contributed by atoms with van der Waals surface area (Å²) in [5.41, 5.74) is 3.49. The average molecular weight is 393 g/mol. The van der Waals surface area contributed by atoms with Crippen LogP contribution in [0.1, 0.15) is 10.4 Å². The molecule has 7 heteroatoms. The molecule has 0 radical (unpaired) electrons. The lowest BCUT2D eigenvalue weighted by Crippen LogP contribution is -2.12. The van der Waals surface area contributed by atoms with Crippen molar-refractivity contribution in [3.63, 3.8) is 0 Å². The molecular formula is C21H14ClFN4O. The fourth-order valence-electron chi connectivity index (χ4n) is 2.73. The Morgan fingerprint density at radius 3 is 2.29 bits per heavy atom. The van der Waals surface area contributed by atoms with Crippen LogP contribution in [0.2, 0.25) is 5.02 Å². The molecule has 1 amide bonds. The van der Waals surface area contributed by atoms with Crippen LogP contribution in [-0.2, 0) is 0 Å². The molecule has 4 rings (SSSR count). The van der Waals surface area contributed by atoms with Gasteiger partial charge in [-0.1, -0.05) is 28.9 Å². The molecular weight excluding hydrogens is 379 g/mol. The summed E-state index contributed by atoms with van der Waals surface area (Å²) in [5.74, 6) is -0.638. The zero-order valence-corrected chi connectivity index (χ0v) is 15.3. The Hall–Kier alpha value is -3.51. The number of anilines is 1. The summed E-state index contributed by atoms with van der Waals surface area (Å²) >= 11 is 5.95. The highest BCUT2D eigenvalue weighted by atomic mass is 35.5. The number of rotatable bonds is 4. The second kappa shape index (κ2) is 7.62. The fourth-order valence-corrected chi connectivity index (χ4v) is 2.86. The Kier molecular flexibility index (Phi) is 4.87. The highest BCUT2D eigenvalue weighted by Gasteiger charge is 2.11. The molecule has 0 aliphatic carbocycles. The molecule has 0 aliphatic rings. The molecule has 0 saturated heterocycles. The van der Waals surface area contributed by atoms with Crippen molar-refractivity contribution in [2.75, 3.05) is 5.32 Å². The fraction of sp³-hybridized carbons (Fsp3) is 0. The van der Waals surface area contributed by atoms with Gasteiger partial charge < -0.3 is 5.32 Å². The molecule has 0 unspecified atom stereocenters. The lowest BCUT2D eigenvalue weighted by Gasteiger charge is -2.08. The van der Waals surface area contributed by atoms with Crippen LogP contribution >= 0.6 is 11.6 Å². The van der Waals surface area contributed by atoms with Gasteiger partial charge in [0.15, 0.2) is 0 Å². The number of nitrogens with one attached hydrogen (secondary N) is 1. The summed E-state index contributed by atoms with van der Waals surface area (Å²) in [7, 11) is 0. The maximum Gasteiger partial charge on any atom is 0.255 e. The van der Waals surface area contributed by atoms with Crippen molar-refractivity contribution in [2.45, 2.75) is 0 Å². The van der Waals surface area contributed by atoms with Crippen molar-refractivity contribution < 1.29 is 9.18 Å². The minimum absolute atomic E-state index is 0.283. The number of carbonyl (C=O) groups excluding carboxylic acids is 1. The van der Waals surface area contributed by atoms with Crippen LogP contribution in [0, 0.1) is 5.82 Å². The second-order valence-electron chi connectivity index (χ2n) is 6.05. The third kappa shape index (κ3) is 3.77. The average Bonchev–Trinajstić information content (AvgIpc) is 3.20. The van der Waals surface area contributed by atoms with E-state index in [1.807, 2.05) is 12.1 Å².